The molecule has 0 aromatic heterocycles. The minimum Gasteiger partial charge on any atom is -0.508 e. The van der Waals surface area contributed by atoms with E-state index in [1.54, 1.807) is 26.8 Å². The molecule has 0 saturated heterocycles. The van der Waals surface area contributed by atoms with Crippen molar-refractivity contribution in [3.05, 3.63) is 94.5 Å². The summed E-state index contributed by atoms with van der Waals surface area (Å²) < 4.78 is 17.3. The van der Waals surface area contributed by atoms with Crippen LogP contribution in [-0.4, -0.2) is 35.4 Å². The van der Waals surface area contributed by atoms with E-state index in [4.69, 9.17) is 14.2 Å². The molecule has 3 aromatic rings. The molecule has 0 aliphatic rings. The number of phenols is 1. The SMILES string of the molecule is Cc1cc(O)c(C(C)(C)CCOC(=O)[C@H](Cc2ccccc2)NC(=O)OC(C)(C)C)c(C)c1OCc1ccccc1. The molecule has 0 aliphatic carbocycles. The van der Waals surface area contributed by atoms with Gasteiger partial charge >= 0.3 is 12.1 Å². The van der Waals surface area contributed by atoms with Crippen molar-refractivity contribution in [1.82, 2.24) is 5.32 Å². The van der Waals surface area contributed by atoms with E-state index in [0.717, 1.165) is 33.6 Å². The number of aromatic hydroxyl groups is 1. The van der Waals surface area contributed by atoms with Crippen molar-refractivity contribution in [1.29, 1.82) is 0 Å². The van der Waals surface area contributed by atoms with E-state index >= 15 is 0 Å². The average molecular weight is 562 g/mol. The fourth-order valence-corrected chi connectivity index (χ4v) is 4.88. The van der Waals surface area contributed by atoms with E-state index in [1.807, 2.05) is 88.4 Å². The lowest BCUT2D eigenvalue weighted by Crippen LogP contribution is -2.45. The van der Waals surface area contributed by atoms with E-state index in [0.29, 0.717) is 13.0 Å². The number of carbonyl (C=O) groups excluding carboxylic acids is 2. The van der Waals surface area contributed by atoms with Gasteiger partial charge in [0.15, 0.2) is 0 Å². The highest BCUT2D eigenvalue weighted by molar-refractivity contribution is 5.81. The lowest BCUT2D eigenvalue weighted by Gasteiger charge is -2.30. The fraction of sp³-hybridized carbons (Fsp3) is 0.412. The first-order chi connectivity index (χ1) is 19.3. The summed E-state index contributed by atoms with van der Waals surface area (Å²) in [6.45, 7) is 13.7. The monoisotopic (exact) mass is 561 g/mol. The summed E-state index contributed by atoms with van der Waals surface area (Å²) in [7, 11) is 0. The van der Waals surface area contributed by atoms with Crippen LogP contribution in [0.2, 0.25) is 0 Å². The molecular formula is C34H43NO6. The molecule has 0 aliphatic heterocycles. The smallest absolute Gasteiger partial charge is 0.408 e. The summed E-state index contributed by atoms with van der Waals surface area (Å²) in [5, 5.41) is 13.6. The van der Waals surface area contributed by atoms with Crippen LogP contribution in [0.5, 0.6) is 11.5 Å². The largest absolute Gasteiger partial charge is 0.508 e. The highest BCUT2D eigenvalue weighted by Crippen LogP contribution is 2.42. The van der Waals surface area contributed by atoms with Gasteiger partial charge in [-0.05, 0) is 74.8 Å². The van der Waals surface area contributed by atoms with Crippen LogP contribution in [0.3, 0.4) is 0 Å². The maximum absolute atomic E-state index is 13.2. The lowest BCUT2D eigenvalue weighted by atomic mass is 9.78. The molecule has 0 spiro atoms. The first-order valence-electron chi connectivity index (χ1n) is 14.0. The van der Waals surface area contributed by atoms with Crippen molar-refractivity contribution in [2.24, 2.45) is 0 Å². The van der Waals surface area contributed by atoms with Gasteiger partial charge in [-0.25, -0.2) is 9.59 Å². The number of aryl methyl sites for hydroxylation is 1. The van der Waals surface area contributed by atoms with Crippen molar-refractivity contribution in [3.8, 4) is 11.5 Å². The Balaban J connectivity index is 1.71. The summed E-state index contributed by atoms with van der Waals surface area (Å²) in [5.41, 5.74) is 3.14. The summed E-state index contributed by atoms with van der Waals surface area (Å²) >= 11 is 0. The third-order valence-electron chi connectivity index (χ3n) is 6.82. The molecule has 220 valence electrons. The molecule has 0 radical (unpaired) electrons. The Labute approximate surface area is 243 Å². The Hall–Kier alpha value is -4.00. The molecule has 0 bridgehead atoms. The zero-order valence-corrected chi connectivity index (χ0v) is 25.2. The minimum absolute atomic E-state index is 0.0973. The van der Waals surface area contributed by atoms with Gasteiger partial charge in [0.05, 0.1) is 6.61 Å². The van der Waals surface area contributed by atoms with Crippen LogP contribution in [0.15, 0.2) is 66.7 Å². The second-order valence-electron chi connectivity index (χ2n) is 12.0. The number of nitrogens with one attached hydrogen (secondary N) is 1. The number of phenolic OH excluding ortho intramolecular Hbond substituents is 1. The predicted molar refractivity (Wildman–Crippen MR) is 160 cm³/mol. The van der Waals surface area contributed by atoms with Gasteiger partial charge in [0.1, 0.15) is 29.7 Å². The molecule has 1 amide bonds. The predicted octanol–water partition coefficient (Wildman–Crippen LogP) is 6.93. The molecule has 3 rings (SSSR count). The highest BCUT2D eigenvalue weighted by atomic mass is 16.6. The van der Waals surface area contributed by atoms with Crippen molar-refractivity contribution < 1.29 is 28.9 Å². The van der Waals surface area contributed by atoms with Crippen molar-refractivity contribution >= 4 is 12.1 Å². The topological polar surface area (TPSA) is 94.1 Å². The third-order valence-corrected chi connectivity index (χ3v) is 6.82. The number of ether oxygens (including phenoxy) is 3. The molecular weight excluding hydrogens is 518 g/mol. The molecule has 7 nitrogen and oxygen atoms in total. The Morgan fingerprint density at radius 3 is 2.07 bits per heavy atom. The van der Waals surface area contributed by atoms with Crippen LogP contribution in [0.1, 0.15) is 68.9 Å². The second kappa shape index (κ2) is 13.6. The molecule has 1 atom stereocenters. The molecule has 2 N–H and O–H groups in total. The Morgan fingerprint density at radius 2 is 1.49 bits per heavy atom. The summed E-state index contributed by atoms with van der Waals surface area (Å²) in [6.07, 6.45) is 0.0279. The van der Waals surface area contributed by atoms with E-state index in [9.17, 15) is 14.7 Å². The quantitative estimate of drug-likeness (QED) is 0.247. The molecule has 7 heteroatoms. The molecule has 0 unspecified atom stereocenters. The standard InChI is InChI=1S/C34H43NO6/c1-23-20-28(36)29(24(2)30(23)40-22-26-16-12-9-13-17-26)34(6,7)18-19-39-31(37)27(21-25-14-10-8-11-15-25)35-32(38)41-33(3,4)5/h8-17,20,27,36H,18-19,21-22H2,1-7H3,(H,35,38)/t27-/m0/s1. The first kappa shape index (κ1) is 31.5. The van der Waals surface area contributed by atoms with Crippen LogP contribution in [0.4, 0.5) is 4.79 Å². The molecule has 0 fully saturated rings. The van der Waals surface area contributed by atoms with Crippen molar-refractivity contribution in [2.45, 2.75) is 85.0 Å². The summed E-state index contributed by atoms with van der Waals surface area (Å²) in [6, 6.07) is 20.1. The number of alkyl carbamates (subject to hydrolysis) is 1. The Morgan fingerprint density at radius 1 is 0.902 bits per heavy atom. The average Bonchev–Trinajstić information content (AvgIpc) is 2.87. The van der Waals surface area contributed by atoms with Crippen LogP contribution in [0, 0.1) is 13.8 Å². The number of amides is 1. The number of benzene rings is 3. The number of esters is 1. The molecule has 3 aromatic carbocycles. The van der Waals surface area contributed by atoms with Crippen molar-refractivity contribution in [3.63, 3.8) is 0 Å². The zero-order chi connectivity index (χ0) is 30.2. The second-order valence-corrected chi connectivity index (χ2v) is 12.0. The van der Waals surface area contributed by atoms with Gasteiger partial charge in [0.25, 0.3) is 0 Å². The summed E-state index contributed by atoms with van der Waals surface area (Å²) in [5.74, 6) is 0.361. The summed E-state index contributed by atoms with van der Waals surface area (Å²) in [4.78, 5) is 25.6. The van der Waals surface area contributed by atoms with Gasteiger partial charge in [-0.3, -0.25) is 0 Å². The third kappa shape index (κ3) is 9.27. The van der Waals surface area contributed by atoms with E-state index in [-0.39, 0.29) is 18.8 Å². The number of carbonyl (C=O) groups is 2. The lowest BCUT2D eigenvalue weighted by molar-refractivity contribution is -0.146. The number of hydrogen-bond donors (Lipinski definition) is 2. The van der Waals surface area contributed by atoms with Gasteiger partial charge in [0, 0.05) is 12.0 Å². The molecule has 0 saturated carbocycles. The van der Waals surface area contributed by atoms with Gasteiger partial charge in [-0.15, -0.1) is 0 Å². The Kier molecular flexibility index (Phi) is 10.4. The van der Waals surface area contributed by atoms with Gasteiger partial charge in [0.2, 0.25) is 0 Å². The minimum atomic E-state index is -0.914. The fourth-order valence-electron chi connectivity index (χ4n) is 4.88. The molecule has 41 heavy (non-hydrogen) atoms. The Bertz CT molecular complexity index is 1310. The maximum Gasteiger partial charge on any atom is 0.408 e. The van der Waals surface area contributed by atoms with Crippen molar-refractivity contribution in [2.75, 3.05) is 6.61 Å². The van der Waals surface area contributed by atoms with Gasteiger partial charge in [-0.2, -0.15) is 0 Å². The van der Waals surface area contributed by atoms with Crippen LogP contribution >= 0.6 is 0 Å². The highest BCUT2D eigenvalue weighted by Gasteiger charge is 2.30. The zero-order valence-electron chi connectivity index (χ0n) is 25.2. The van der Waals surface area contributed by atoms with Crippen LogP contribution in [-0.2, 0) is 32.7 Å². The van der Waals surface area contributed by atoms with E-state index in [2.05, 4.69) is 5.32 Å². The first-order valence-corrected chi connectivity index (χ1v) is 14.0. The van der Waals surface area contributed by atoms with Crippen LogP contribution < -0.4 is 10.1 Å². The van der Waals surface area contributed by atoms with Gasteiger partial charge < -0.3 is 24.6 Å². The number of rotatable bonds is 11. The number of hydrogen-bond acceptors (Lipinski definition) is 6. The van der Waals surface area contributed by atoms with Crippen LogP contribution in [0.25, 0.3) is 0 Å². The van der Waals surface area contributed by atoms with E-state index in [1.165, 1.54) is 0 Å². The maximum atomic E-state index is 13.2. The molecule has 0 heterocycles. The van der Waals surface area contributed by atoms with E-state index < -0.39 is 29.1 Å². The normalized spacial score (nSPS) is 12.4. The van der Waals surface area contributed by atoms with Gasteiger partial charge in [-0.1, -0.05) is 74.5 Å².